The molecular formula is C26H30FNO3. The fourth-order valence-electron chi connectivity index (χ4n) is 5.71. The quantitative estimate of drug-likeness (QED) is 0.705. The first kappa shape index (κ1) is 20.5. The molecule has 2 heterocycles. The van der Waals surface area contributed by atoms with Crippen molar-refractivity contribution >= 4 is 5.91 Å². The maximum atomic E-state index is 13.7. The van der Waals surface area contributed by atoms with Crippen LogP contribution in [0.4, 0.5) is 4.39 Å². The Labute approximate surface area is 183 Å². The summed E-state index contributed by atoms with van der Waals surface area (Å²) in [6.07, 6.45) is 6.40. The van der Waals surface area contributed by atoms with Crippen LogP contribution in [0.1, 0.15) is 50.5 Å². The number of ether oxygens (including phenoxy) is 2. The molecule has 2 aromatic carbocycles. The molecule has 1 saturated carbocycles. The number of amides is 1. The molecule has 2 aromatic rings. The molecule has 1 spiro atoms. The number of para-hydroxylation sites is 1. The lowest BCUT2D eigenvalue weighted by Gasteiger charge is -2.42. The highest BCUT2D eigenvalue weighted by Gasteiger charge is 2.49. The highest BCUT2D eigenvalue weighted by atomic mass is 19.1. The molecule has 3 aliphatic rings. The Balaban J connectivity index is 1.24. The average Bonchev–Trinajstić information content (AvgIpc) is 3.44. The lowest BCUT2D eigenvalue weighted by atomic mass is 9.76. The molecule has 5 heteroatoms. The number of nitrogens with zero attached hydrogens (tertiary/aromatic N) is 1. The van der Waals surface area contributed by atoms with E-state index in [2.05, 4.69) is 0 Å². The van der Waals surface area contributed by atoms with Gasteiger partial charge in [-0.05, 0) is 55.5 Å². The summed E-state index contributed by atoms with van der Waals surface area (Å²) in [5.41, 5.74) is 0.285. The van der Waals surface area contributed by atoms with E-state index in [-0.39, 0.29) is 23.4 Å². The number of hydrogen-bond donors (Lipinski definition) is 0. The van der Waals surface area contributed by atoms with E-state index in [9.17, 15) is 9.18 Å². The van der Waals surface area contributed by atoms with Crippen LogP contribution in [0.5, 0.6) is 5.75 Å². The first-order valence-electron chi connectivity index (χ1n) is 11.5. The fourth-order valence-corrected chi connectivity index (χ4v) is 5.71. The van der Waals surface area contributed by atoms with Crippen LogP contribution in [0.15, 0.2) is 54.6 Å². The highest BCUT2D eigenvalue weighted by Crippen LogP contribution is 2.44. The van der Waals surface area contributed by atoms with Gasteiger partial charge < -0.3 is 14.4 Å². The Morgan fingerprint density at radius 3 is 2.32 bits per heavy atom. The molecule has 2 aliphatic heterocycles. The van der Waals surface area contributed by atoms with Crippen molar-refractivity contribution in [3.05, 3.63) is 66.0 Å². The van der Waals surface area contributed by atoms with Gasteiger partial charge in [0.15, 0.2) is 0 Å². The molecule has 0 aromatic heterocycles. The van der Waals surface area contributed by atoms with Crippen LogP contribution in [0.25, 0.3) is 0 Å². The molecule has 0 unspecified atom stereocenters. The van der Waals surface area contributed by atoms with Crippen LogP contribution in [-0.2, 0) is 14.9 Å². The zero-order valence-corrected chi connectivity index (χ0v) is 17.9. The first-order valence-corrected chi connectivity index (χ1v) is 11.5. The monoisotopic (exact) mass is 423 g/mol. The number of benzene rings is 2. The maximum Gasteiger partial charge on any atom is 0.233 e. The Kier molecular flexibility index (Phi) is 5.47. The van der Waals surface area contributed by atoms with Gasteiger partial charge in [-0.2, -0.15) is 0 Å². The molecule has 0 radical (unpaired) electrons. The Bertz CT molecular complexity index is 900. The molecule has 1 amide bonds. The Morgan fingerprint density at radius 1 is 0.968 bits per heavy atom. The molecule has 1 atom stereocenters. The highest BCUT2D eigenvalue weighted by molar-refractivity contribution is 5.88. The van der Waals surface area contributed by atoms with Crippen molar-refractivity contribution < 1.29 is 18.7 Å². The van der Waals surface area contributed by atoms with Crippen LogP contribution in [0.3, 0.4) is 0 Å². The number of carbonyl (C=O) groups excluding carboxylic acids is 1. The SMILES string of the molecule is O=C(N1CCC2(CC1)C[C@@H](Oc1ccccc1)CO2)C1(c2ccc(F)cc2)CCCC1. The second-order valence-corrected chi connectivity index (χ2v) is 9.34. The van der Waals surface area contributed by atoms with Crippen molar-refractivity contribution in [3.8, 4) is 5.75 Å². The van der Waals surface area contributed by atoms with E-state index < -0.39 is 5.41 Å². The van der Waals surface area contributed by atoms with Crippen LogP contribution in [0, 0.1) is 5.82 Å². The van der Waals surface area contributed by atoms with Gasteiger partial charge in [-0.3, -0.25) is 4.79 Å². The summed E-state index contributed by atoms with van der Waals surface area (Å²) in [6, 6.07) is 16.4. The predicted molar refractivity (Wildman–Crippen MR) is 117 cm³/mol. The van der Waals surface area contributed by atoms with Crippen LogP contribution >= 0.6 is 0 Å². The smallest absolute Gasteiger partial charge is 0.233 e. The molecular weight excluding hydrogens is 393 g/mol. The van der Waals surface area contributed by atoms with Crippen molar-refractivity contribution in [1.82, 2.24) is 4.90 Å². The second-order valence-electron chi connectivity index (χ2n) is 9.34. The molecule has 2 saturated heterocycles. The average molecular weight is 424 g/mol. The van der Waals surface area contributed by atoms with Crippen LogP contribution in [0.2, 0.25) is 0 Å². The third-order valence-corrected chi connectivity index (χ3v) is 7.45. The standard InChI is InChI=1S/C26H30FNO3/c27-21-10-8-20(9-11-21)26(12-4-5-13-26)24(29)28-16-14-25(15-17-28)18-23(19-30-25)31-22-6-2-1-3-7-22/h1-3,6-11,23H,4-5,12-19H2/t23-/m1/s1. The number of hydrogen-bond acceptors (Lipinski definition) is 3. The minimum atomic E-state index is -0.492. The van der Waals surface area contributed by atoms with Gasteiger partial charge in [0, 0.05) is 19.5 Å². The summed E-state index contributed by atoms with van der Waals surface area (Å²) in [5.74, 6) is 0.833. The van der Waals surface area contributed by atoms with Gasteiger partial charge in [-0.15, -0.1) is 0 Å². The van der Waals surface area contributed by atoms with Gasteiger partial charge >= 0.3 is 0 Å². The van der Waals surface area contributed by atoms with Crippen molar-refractivity contribution in [3.63, 3.8) is 0 Å². The number of rotatable bonds is 4. The second kappa shape index (κ2) is 8.27. The van der Waals surface area contributed by atoms with Crippen LogP contribution in [-0.4, -0.2) is 42.2 Å². The molecule has 0 N–H and O–H groups in total. The summed E-state index contributed by atoms with van der Waals surface area (Å²) in [7, 11) is 0. The Hall–Kier alpha value is -2.40. The van der Waals surface area contributed by atoms with Crippen molar-refractivity contribution in [2.45, 2.75) is 62.1 Å². The minimum absolute atomic E-state index is 0.0602. The molecule has 0 bridgehead atoms. The topological polar surface area (TPSA) is 38.8 Å². The summed E-state index contributed by atoms with van der Waals surface area (Å²) in [4.78, 5) is 15.7. The number of piperidine rings is 1. The molecule has 5 rings (SSSR count). The third kappa shape index (κ3) is 3.96. The van der Waals surface area contributed by atoms with Crippen molar-refractivity contribution in [2.24, 2.45) is 0 Å². The minimum Gasteiger partial charge on any atom is -0.488 e. The van der Waals surface area contributed by atoms with E-state index in [0.717, 1.165) is 56.3 Å². The number of halogens is 1. The Morgan fingerprint density at radius 2 is 1.65 bits per heavy atom. The fraction of sp³-hybridized carbons (Fsp3) is 0.500. The normalized spacial score (nSPS) is 24.4. The third-order valence-electron chi connectivity index (χ3n) is 7.45. The van der Waals surface area contributed by atoms with Gasteiger partial charge in [0.25, 0.3) is 0 Å². The molecule has 1 aliphatic carbocycles. The van der Waals surface area contributed by atoms with Gasteiger partial charge in [0.2, 0.25) is 5.91 Å². The van der Waals surface area contributed by atoms with E-state index in [1.54, 1.807) is 12.1 Å². The lowest BCUT2D eigenvalue weighted by Crippen LogP contribution is -2.52. The molecule has 164 valence electrons. The van der Waals surface area contributed by atoms with E-state index in [1.807, 2.05) is 35.2 Å². The number of likely N-dealkylation sites (tertiary alicyclic amines) is 1. The molecule has 3 fully saturated rings. The summed E-state index contributed by atoms with van der Waals surface area (Å²) in [5, 5.41) is 0. The summed E-state index contributed by atoms with van der Waals surface area (Å²) < 4.78 is 25.8. The van der Waals surface area contributed by atoms with Gasteiger partial charge in [0.1, 0.15) is 17.7 Å². The zero-order valence-electron chi connectivity index (χ0n) is 17.9. The van der Waals surface area contributed by atoms with E-state index >= 15 is 0 Å². The first-order chi connectivity index (χ1) is 15.1. The number of carbonyl (C=O) groups is 1. The van der Waals surface area contributed by atoms with Gasteiger partial charge in [-0.25, -0.2) is 4.39 Å². The largest absolute Gasteiger partial charge is 0.488 e. The van der Waals surface area contributed by atoms with Gasteiger partial charge in [-0.1, -0.05) is 43.2 Å². The maximum absolute atomic E-state index is 13.7. The van der Waals surface area contributed by atoms with Crippen molar-refractivity contribution in [1.29, 1.82) is 0 Å². The van der Waals surface area contributed by atoms with E-state index in [1.165, 1.54) is 12.1 Å². The predicted octanol–water partition coefficient (Wildman–Crippen LogP) is 4.87. The molecule has 4 nitrogen and oxygen atoms in total. The van der Waals surface area contributed by atoms with E-state index in [4.69, 9.17) is 9.47 Å². The van der Waals surface area contributed by atoms with Crippen molar-refractivity contribution in [2.75, 3.05) is 19.7 Å². The van der Waals surface area contributed by atoms with Crippen LogP contribution < -0.4 is 4.74 Å². The summed E-state index contributed by atoms with van der Waals surface area (Å²) in [6.45, 7) is 2.02. The van der Waals surface area contributed by atoms with E-state index in [0.29, 0.717) is 19.7 Å². The molecule has 31 heavy (non-hydrogen) atoms. The lowest BCUT2D eigenvalue weighted by molar-refractivity contribution is -0.142. The summed E-state index contributed by atoms with van der Waals surface area (Å²) >= 11 is 0. The van der Waals surface area contributed by atoms with Gasteiger partial charge in [0.05, 0.1) is 17.6 Å². The zero-order chi connectivity index (χ0) is 21.3.